The summed E-state index contributed by atoms with van der Waals surface area (Å²) >= 11 is 0. The van der Waals surface area contributed by atoms with Crippen LogP contribution in [-0.4, -0.2) is 25.2 Å². The number of carbonyl (C=O) groups is 1. The Morgan fingerprint density at radius 2 is 1.73 bits per heavy atom. The van der Waals surface area contributed by atoms with Gasteiger partial charge in [0.25, 0.3) is 0 Å². The number of anilines is 1. The fraction of sp³-hybridized carbons (Fsp3) is 0.389. The van der Waals surface area contributed by atoms with Crippen molar-refractivity contribution in [2.24, 2.45) is 0 Å². The van der Waals surface area contributed by atoms with E-state index in [0.717, 1.165) is 6.67 Å². The lowest BCUT2D eigenvalue weighted by atomic mass is 10.0. The highest BCUT2D eigenvalue weighted by molar-refractivity contribution is 6.01. The average Bonchev–Trinajstić information content (AvgIpc) is 2.48. The minimum Gasteiger partial charge on any atom is -0.554 e. The van der Waals surface area contributed by atoms with Gasteiger partial charge in [-0.05, 0) is 45.2 Å². The van der Waals surface area contributed by atoms with E-state index < -0.39 is 6.47 Å². The Hall–Kier alpha value is -2.07. The van der Waals surface area contributed by atoms with Crippen molar-refractivity contribution in [3.8, 4) is 0 Å². The monoisotopic (exact) mass is 300 g/mol. The van der Waals surface area contributed by atoms with E-state index in [1.54, 1.807) is 4.90 Å². The van der Waals surface area contributed by atoms with Crippen LogP contribution in [0, 0.1) is 0 Å². The number of rotatable bonds is 2. The SMILES string of the molecule is CC(C)N1C[NH+](C(C)C)c2cccc3cccc1c23.O=C[O-]. The van der Waals surface area contributed by atoms with E-state index >= 15 is 0 Å². The van der Waals surface area contributed by atoms with Gasteiger partial charge in [-0.2, -0.15) is 0 Å². The molecule has 0 amide bonds. The normalized spacial score (nSPS) is 16.6. The first kappa shape index (κ1) is 16.3. The van der Waals surface area contributed by atoms with Crippen LogP contribution in [0.1, 0.15) is 27.7 Å². The molecule has 4 nitrogen and oxygen atoms in total. The van der Waals surface area contributed by atoms with Gasteiger partial charge in [-0.25, -0.2) is 0 Å². The quantitative estimate of drug-likeness (QED) is 0.851. The van der Waals surface area contributed by atoms with Gasteiger partial charge in [0.05, 0.1) is 17.1 Å². The molecule has 1 heterocycles. The van der Waals surface area contributed by atoms with E-state index in [1.807, 2.05) is 0 Å². The summed E-state index contributed by atoms with van der Waals surface area (Å²) in [5.74, 6) is 0. The summed E-state index contributed by atoms with van der Waals surface area (Å²) in [6, 6.07) is 14.5. The first-order valence-electron chi connectivity index (χ1n) is 7.71. The zero-order valence-electron chi connectivity index (χ0n) is 13.7. The molecule has 0 bridgehead atoms. The molecular formula is C18H24N2O2. The van der Waals surface area contributed by atoms with Crippen molar-refractivity contribution >= 4 is 28.6 Å². The maximum absolute atomic E-state index is 8.25. The zero-order valence-corrected chi connectivity index (χ0v) is 13.7. The molecule has 3 rings (SSSR count). The van der Waals surface area contributed by atoms with Crippen molar-refractivity contribution in [3.05, 3.63) is 36.4 Å². The Labute approximate surface area is 132 Å². The topological polar surface area (TPSA) is 47.8 Å². The summed E-state index contributed by atoms with van der Waals surface area (Å²) in [7, 11) is 0. The molecule has 4 heteroatoms. The van der Waals surface area contributed by atoms with Gasteiger partial charge in [-0.3, -0.25) is 4.90 Å². The standard InChI is InChI=1S/C17H22N2.CH2O2/c1-12(2)18-11-19(13(3)4)16-10-6-8-14-7-5-9-15(18)17(14)16;2-1-3/h5-10,12-13H,11H2,1-4H3;1H,(H,2,3). The second-order valence-electron chi connectivity index (χ2n) is 6.18. The molecule has 0 aromatic heterocycles. The smallest absolute Gasteiger partial charge is 0.158 e. The van der Waals surface area contributed by atoms with Crippen LogP contribution in [0.25, 0.3) is 10.8 Å². The molecule has 2 aromatic rings. The maximum atomic E-state index is 8.25. The molecular weight excluding hydrogens is 276 g/mol. The molecule has 1 N–H and O–H groups in total. The zero-order chi connectivity index (χ0) is 16.3. The fourth-order valence-electron chi connectivity index (χ4n) is 3.14. The van der Waals surface area contributed by atoms with E-state index in [4.69, 9.17) is 9.90 Å². The van der Waals surface area contributed by atoms with Crippen LogP contribution in [0.2, 0.25) is 0 Å². The van der Waals surface area contributed by atoms with Crippen LogP contribution in [0.3, 0.4) is 0 Å². The molecule has 118 valence electrons. The Morgan fingerprint density at radius 3 is 2.27 bits per heavy atom. The molecule has 22 heavy (non-hydrogen) atoms. The number of nitrogens with one attached hydrogen (secondary N) is 1. The van der Waals surface area contributed by atoms with E-state index in [9.17, 15) is 0 Å². The third-order valence-corrected chi connectivity index (χ3v) is 4.20. The Morgan fingerprint density at radius 1 is 1.14 bits per heavy atom. The predicted octanol–water partition coefficient (Wildman–Crippen LogP) is 1.32. The molecule has 0 saturated carbocycles. The van der Waals surface area contributed by atoms with Crippen LogP contribution in [0.5, 0.6) is 0 Å². The molecule has 1 unspecified atom stereocenters. The van der Waals surface area contributed by atoms with Crippen molar-refractivity contribution < 1.29 is 14.8 Å². The van der Waals surface area contributed by atoms with Crippen molar-refractivity contribution in [3.63, 3.8) is 0 Å². The second kappa shape index (κ2) is 6.79. The lowest BCUT2D eigenvalue weighted by Gasteiger charge is -2.39. The van der Waals surface area contributed by atoms with Crippen molar-refractivity contribution in [2.45, 2.75) is 39.8 Å². The Kier molecular flexibility index (Phi) is 5.03. The van der Waals surface area contributed by atoms with Gasteiger partial charge in [0.15, 0.2) is 6.67 Å². The minimum atomic E-state index is -0.500. The summed E-state index contributed by atoms with van der Waals surface area (Å²) in [5, 5.41) is 11.0. The van der Waals surface area contributed by atoms with Gasteiger partial charge in [-0.1, -0.05) is 24.3 Å². The molecule has 0 aliphatic carbocycles. The van der Waals surface area contributed by atoms with E-state index in [1.165, 1.54) is 22.1 Å². The number of carboxylic acid groups (broad SMARTS) is 1. The van der Waals surface area contributed by atoms with Crippen LogP contribution >= 0.6 is 0 Å². The molecule has 0 saturated heterocycles. The number of hydrogen-bond acceptors (Lipinski definition) is 3. The van der Waals surface area contributed by atoms with Gasteiger partial charge in [0.1, 0.15) is 5.69 Å². The predicted molar refractivity (Wildman–Crippen MR) is 88.3 cm³/mol. The largest absolute Gasteiger partial charge is 0.554 e. The Balaban J connectivity index is 0.000000545. The molecule has 0 spiro atoms. The summed E-state index contributed by atoms with van der Waals surface area (Å²) < 4.78 is 0. The average molecular weight is 300 g/mol. The molecule has 1 aliphatic heterocycles. The number of nitrogens with zero attached hydrogens (tertiary/aromatic N) is 1. The van der Waals surface area contributed by atoms with Gasteiger partial charge < -0.3 is 14.8 Å². The number of quaternary nitrogens is 1. The molecule has 1 aliphatic rings. The van der Waals surface area contributed by atoms with Crippen molar-refractivity contribution in [1.29, 1.82) is 0 Å². The highest BCUT2D eigenvalue weighted by atomic mass is 16.3. The first-order valence-corrected chi connectivity index (χ1v) is 7.71. The van der Waals surface area contributed by atoms with Gasteiger partial charge >= 0.3 is 0 Å². The van der Waals surface area contributed by atoms with Crippen LogP contribution in [0.15, 0.2) is 36.4 Å². The van der Waals surface area contributed by atoms with Gasteiger partial charge in [0.2, 0.25) is 0 Å². The van der Waals surface area contributed by atoms with Crippen LogP contribution < -0.4 is 14.9 Å². The Bertz CT molecular complexity index is 604. The molecule has 2 aromatic carbocycles. The fourth-order valence-corrected chi connectivity index (χ4v) is 3.14. The first-order chi connectivity index (χ1) is 10.5. The van der Waals surface area contributed by atoms with E-state index in [-0.39, 0.29) is 0 Å². The highest BCUT2D eigenvalue weighted by Gasteiger charge is 2.30. The number of carbonyl (C=O) groups excluding carboxylic acids is 1. The third kappa shape index (κ3) is 2.92. The lowest BCUT2D eigenvalue weighted by molar-refractivity contribution is -0.855. The van der Waals surface area contributed by atoms with Crippen molar-refractivity contribution in [2.75, 3.05) is 11.6 Å². The second-order valence-corrected chi connectivity index (χ2v) is 6.18. The van der Waals surface area contributed by atoms with Crippen molar-refractivity contribution in [1.82, 2.24) is 0 Å². The summed E-state index contributed by atoms with van der Waals surface area (Å²) in [4.78, 5) is 12.4. The van der Waals surface area contributed by atoms with Gasteiger partial charge in [-0.15, -0.1) is 0 Å². The van der Waals surface area contributed by atoms with Crippen LogP contribution in [-0.2, 0) is 4.79 Å². The minimum absolute atomic E-state index is 0.500. The molecule has 0 radical (unpaired) electrons. The highest BCUT2D eigenvalue weighted by Crippen LogP contribution is 2.34. The molecule has 0 fully saturated rings. The summed E-state index contributed by atoms with van der Waals surface area (Å²) in [6.07, 6.45) is 0. The summed E-state index contributed by atoms with van der Waals surface area (Å²) in [6.45, 7) is 9.74. The van der Waals surface area contributed by atoms with E-state index in [2.05, 4.69) is 69.0 Å². The van der Waals surface area contributed by atoms with Crippen LogP contribution in [0.4, 0.5) is 11.4 Å². The van der Waals surface area contributed by atoms with E-state index in [0.29, 0.717) is 12.1 Å². The summed E-state index contributed by atoms with van der Waals surface area (Å²) in [5.41, 5.74) is 2.85. The maximum Gasteiger partial charge on any atom is 0.158 e. The van der Waals surface area contributed by atoms with Gasteiger partial charge in [0, 0.05) is 12.5 Å². The number of benzene rings is 2. The lowest BCUT2D eigenvalue weighted by Crippen LogP contribution is -3.13. The third-order valence-electron chi connectivity index (χ3n) is 4.20. The number of hydrogen-bond donors (Lipinski definition) is 1. The molecule has 1 atom stereocenters.